The number of anilines is 1. The number of hydrogen-bond donors (Lipinski definition) is 2. The van der Waals surface area contributed by atoms with E-state index in [1.165, 1.54) is 0 Å². The Bertz CT molecular complexity index is 507. The van der Waals surface area contributed by atoms with Gasteiger partial charge in [0.15, 0.2) is 0 Å². The normalized spacial score (nSPS) is 11.3. The average Bonchev–Trinajstić information content (AvgIpc) is 2.89. The lowest BCUT2D eigenvalue weighted by atomic mass is 10.1. The van der Waals surface area contributed by atoms with Gasteiger partial charge in [-0.3, -0.25) is 0 Å². The van der Waals surface area contributed by atoms with Crippen LogP contribution in [-0.2, 0) is 0 Å². The van der Waals surface area contributed by atoms with Gasteiger partial charge in [-0.1, -0.05) is 17.2 Å². The molecule has 88 valence electrons. The predicted molar refractivity (Wildman–Crippen MR) is 63.0 cm³/mol. The van der Waals surface area contributed by atoms with Crippen molar-refractivity contribution < 1.29 is 4.74 Å². The largest absolute Gasteiger partial charge is 0.497 e. The maximum atomic E-state index is 5.14. The van der Waals surface area contributed by atoms with Crippen LogP contribution >= 0.6 is 0 Å². The van der Waals surface area contributed by atoms with Gasteiger partial charge in [0, 0.05) is 5.56 Å². The zero-order valence-corrected chi connectivity index (χ0v) is 9.51. The van der Waals surface area contributed by atoms with Crippen LogP contribution in [0.25, 0.3) is 0 Å². The third-order valence-corrected chi connectivity index (χ3v) is 2.16. The predicted octanol–water partition coefficient (Wildman–Crippen LogP) is 1.04. The molecule has 0 unspecified atom stereocenters. The van der Waals surface area contributed by atoms with Crippen LogP contribution in [0.5, 0.6) is 5.75 Å². The number of methoxy groups -OCH3 is 1. The SMILES string of the molecule is COc1cccc(/C(C)=N\Nc2nn[nH]n2)c1. The van der Waals surface area contributed by atoms with Crippen molar-refractivity contribution in [3.63, 3.8) is 0 Å². The summed E-state index contributed by atoms with van der Waals surface area (Å²) in [5, 5.41) is 17.3. The molecule has 0 bridgehead atoms. The van der Waals surface area contributed by atoms with Crippen LogP contribution < -0.4 is 10.2 Å². The van der Waals surface area contributed by atoms with Crippen molar-refractivity contribution in [3.05, 3.63) is 29.8 Å². The van der Waals surface area contributed by atoms with E-state index in [1.54, 1.807) is 7.11 Å². The van der Waals surface area contributed by atoms with E-state index in [4.69, 9.17) is 4.74 Å². The molecule has 2 aromatic rings. The van der Waals surface area contributed by atoms with E-state index in [1.807, 2.05) is 31.2 Å². The van der Waals surface area contributed by atoms with Gasteiger partial charge in [0.1, 0.15) is 5.75 Å². The maximum Gasteiger partial charge on any atom is 0.283 e. The van der Waals surface area contributed by atoms with Crippen LogP contribution in [0.15, 0.2) is 29.4 Å². The number of ether oxygens (including phenoxy) is 1. The monoisotopic (exact) mass is 232 g/mol. The minimum atomic E-state index is 0.326. The van der Waals surface area contributed by atoms with E-state index in [0.717, 1.165) is 17.0 Å². The van der Waals surface area contributed by atoms with Crippen molar-refractivity contribution in [2.45, 2.75) is 6.92 Å². The zero-order valence-electron chi connectivity index (χ0n) is 9.51. The van der Waals surface area contributed by atoms with E-state index < -0.39 is 0 Å². The quantitative estimate of drug-likeness (QED) is 0.607. The number of tetrazole rings is 1. The number of H-pyrrole nitrogens is 1. The molecule has 2 N–H and O–H groups in total. The van der Waals surface area contributed by atoms with E-state index in [9.17, 15) is 0 Å². The molecule has 0 fully saturated rings. The van der Waals surface area contributed by atoms with Gasteiger partial charge in [0.05, 0.1) is 12.8 Å². The molecule has 0 spiro atoms. The van der Waals surface area contributed by atoms with Crippen LogP contribution in [0.2, 0.25) is 0 Å². The van der Waals surface area contributed by atoms with Gasteiger partial charge in [-0.2, -0.15) is 10.3 Å². The highest BCUT2D eigenvalue weighted by molar-refractivity contribution is 5.99. The summed E-state index contributed by atoms with van der Waals surface area (Å²) in [4.78, 5) is 0. The summed E-state index contributed by atoms with van der Waals surface area (Å²) in [5.74, 6) is 1.11. The first kappa shape index (κ1) is 11.1. The van der Waals surface area contributed by atoms with E-state index in [-0.39, 0.29) is 0 Å². The minimum absolute atomic E-state index is 0.326. The van der Waals surface area contributed by atoms with Gasteiger partial charge in [0.2, 0.25) is 0 Å². The van der Waals surface area contributed by atoms with Crippen LogP contribution in [0, 0.1) is 0 Å². The third kappa shape index (κ3) is 2.77. The van der Waals surface area contributed by atoms with Gasteiger partial charge in [-0.15, -0.1) is 5.10 Å². The highest BCUT2D eigenvalue weighted by atomic mass is 16.5. The van der Waals surface area contributed by atoms with Crippen LogP contribution in [0.3, 0.4) is 0 Å². The van der Waals surface area contributed by atoms with Gasteiger partial charge >= 0.3 is 0 Å². The first-order chi connectivity index (χ1) is 8.29. The van der Waals surface area contributed by atoms with Crippen molar-refractivity contribution >= 4 is 11.7 Å². The van der Waals surface area contributed by atoms with Crippen LogP contribution in [-0.4, -0.2) is 33.4 Å². The Morgan fingerprint density at radius 2 is 2.35 bits per heavy atom. The Morgan fingerprint density at radius 1 is 1.47 bits per heavy atom. The number of aromatic nitrogens is 4. The molecule has 0 amide bonds. The molecule has 0 aliphatic carbocycles. The molecule has 0 aliphatic heterocycles. The Labute approximate surface area is 97.9 Å². The number of benzene rings is 1. The molecular formula is C10H12N6O. The Kier molecular flexibility index (Phi) is 3.29. The average molecular weight is 232 g/mol. The van der Waals surface area contributed by atoms with Crippen molar-refractivity contribution in [3.8, 4) is 5.75 Å². The molecule has 2 rings (SSSR count). The standard InChI is InChI=1S/C10H12N6O/c1-7(11-12-10-13-15-16-14-10)8-4-3-5-9(6-8)17-2/h3-6H,1-2H3,(H2,12,13,14,15,16)/b11-7-. The zero-order chi connectivity index (χ0) is 12.1. The molecule has 0 saturated carbocycles. The maximum absolute atomic E-state index is 5.14. The Morgan fingerprint density at radius 3 is 3.06 bits per heavy atom. The Balaban J connectivity index is 2.12. The highest BCUT2D eigenvalue weighted by Crippen LogP contribution is 2.13. The molecule has 0 saturated heterocycles. The number of hydrogen-bond acceptors (Lipinski definition) is 6. The summed E-state index contributed by atoms with van der Waals surface area (Å²) >= 11 is 0. The lowest BCUT2D eigenvalue weighted by molar-refractivity contribution is 0.414. The van der Waals surface area contributed by atoms with Crippen molar-refractivity contribution in [1.82, 2.24) is 20.6 Å². The van der Waals surface area contributed by atoms with E-state index in [0.29, 0.717) is 5.95 Å². The molecule has 7 heteroatoms. The molecule has 1 aromatic heterocycles. The second-order valence-corrected chi connectivity index (χ2v) is 3.28. The molecule has 0 radical (unpaired) electrons. The number of nitrogens with one attached hydrogen (secondary N) is 2. The summed E-state index contributed by atoms with van der Waals surface area (Å²) in [5.41, 5.74) is 4.45. The van der Waals surface area contributed by atoms with Crippen LogP contribution in [0.4, 0.5) is 5.95 Å². The second-order valence-electron chi connectivity index (χ2n) is 3.28. The molecule has 1 aromatic carbocycles. The summed E-state index contributed by atoms with van der Waals surface area (Å²) in [6.45, 7) is 1.88. The molecule has 0 aliphatic rings. The van der Waals surface area contributed by atoms with Crippen molar-refractivity contribution in [2.75, 3.05) is 12.5 Å². The summed E-state index contributed by atoms with van der Waals surface area (Å²) in [7, 11) is 1.63. The first-order valence-corrected chi connectivity index (χ1v) is 4.98. The highest BCUT2D eigenvalue weighted by Gasteiger charge is 2.00. The fraction of sp³-hybridized carbons (Fsp3) is 0.200. The lowest BCUT2D eigenvalue weighted by Gasteiger charge is -2.03. The van der Waals surface area contributed by atoms with E-state index >= 15 is 0 Å². The van der Waals surface area contributed by atoms with Gasteiger partial charge in [-0.25, -0.2) is 5.43 Å². The van der Waals surface area contributed by atoms with Crippen molar-refractivity contribution in [2.24, 2.45) is 5.10 Å². The molecular weight excluding hydrogens is 220 g/mol. The minimum Gasteiger partial charge on any atom is -0.497 e. The van der Waals surface area contributed by atoms with E-state index in [2.05, 4.69) is 31.2 Å². The first-order valence-electron chi connectivity index (χ1n) is 4.98. The summed E-state index contributed by atoms with van der Waals surface area (Å²) in [6.07, 6.45) is 0. The van der Waals surface area contributed by atoms with Gasteiger partial charge in [0.25, 0.3) is 5.95 Å². The molecule has 0 atom stereocenters. The second kappa shape index (κ2) is 5.06. The molecule has 1 heterocycles. The number of hydrazone groups is 1. The molecule has 7 nitrogen and oxygen atoms in total. The fourth-order valence-electron chi connectivity index (χ4n) is 1.26. The molecule has 17 heavy (non-hydrogen) atoms. The lowest BCUT2D eigenvalue weighted by Crippen LogP contribution is -2.01. The van der Waals surface area contributed by atoms with Gasteiger partial charge < -0.3 is 4.74 Å². The third-order valence-electron chi connectivity index (χ3n) is 2.16. The van der Waals surface area contributed by atoms with Crippen molar-refractivity contribution in [1.29, 1.82) is 0 Å². The number of nitrogens with zero attached hydrogens (tertiary/aromatic N) is 4. The smallest absolute Gasteiger partial charge is 0.283 e. The van der Waals surface area contributed by atoms with Gasteiger partial charge in [-0.05, 0) is 24.3 Å². The summed E-state index contributed by atoms with van der Waals surface area (Å²) in [6, 6.07) is 7.63. The number of rotatable bonds is 4. The summed E-state index contributed by atoms with van der Waals surface area (Å²) < 4.78 is 5.14. The topological polar surface area (TPSA) is 88.1 Å². The fourth-order valence-corrected chi connectivity index (χ4v) is 1.26. The Hall–Kier alpha value is -2.44. The number of aromatic amines is 1. The van der Waals surface area contributed by atoms with Crippen LogP contribution in [0.1, 0.15) is 12.5 Å².